The number of carbonyl (C=O) groups is 2. The monoisotopic (exact) mass is 239 g/mol. The highest BCUT2D eigenvalue weighted by molar-refractivity contribution is 6.35. The second kappa shape index (κ2) is 5.64. The van der Waals surface area contributed by atoms with Gasteiger partial charge in [-0.05, 0) is 19.8 Å². The molecule has 0 radical (unpaired) electrons. The highest BCUT2D eigenvalue weighted by atomic mass is 16.5. The van der Waals surface area contributed by atoms with Gasteiger partial charge in [0.25, 0.3) is 0 Å². The van der Waals surface area contributed by atoms with E-state index in [9.17, 15) is 9.59 Å². The van der Waals surface area contributed by atoms with Crippen LogP contribution in [-0.2, 0) is 14.3 Å². The van der Waals surface area contributed by atoms with Crippen molar-refractivity contribution in [1.82, 2.24) is 10.2 Å². The van der Waals surface area contributed by atoms with Crippen LogP contribution in [0.4, 0.5) is 0 Å². The Morgan fingerprint density at radius 3 is 2.88 bits per heavy atom. The van der Waals surface area contributed by atoms with Gasteiger partial charge in [-0.25, -0.2) is 0 Å². The molecular weight excluding hydrogens is 222 g/mol. The topological polar surface area (TPSA) is 82.4 Å². The Morgan fingerprint density at radius 1 is 1.59 bits per heavy atom. The molecule has 1 rings (SSSR count). The van der Waals surface area contributed by atoms with Crippen molar-refractivity contribution >= 4 is 11.8 Å². The summed E-state index contributed by atoms with van der Waals surface area (Å²) >= 11 is 0. The number of likely N-dealkylation sites (tertiary alicyclic amines) is 1. The zero-order valence-corrected chi connectivity index (χ0v) is 10.2. The van der Waals surface area contributed by atoms with E-state index in [-0.39, 0.29) is 12.1 Å². The number of nitrogens with one attached hydrogen (secondary N) is 1. The average Bonchev–Trinajstić information content (AvgIpc) is 2.35. The van der Waals surface area contributed by atoms with Crippen LogP contribution in [0.25, 0.3) is 0 Å². The molecule has 1 atom stereocenters. The van der Waals surface area contributed by atoms with Crippen LogP contribution in [0, 0.1) is 11.3 Å². The summed E-state index contributed by atoms with van der Waals surface area (Å²) in [6.45, 7) is 2.72. The zero-order chi connectivity index (χ0) is 12.9. The smallest absolute Gasteiger partial charge is 0.312 e. The van der Waals surface area contributed by atoms with Gasteiger partial charge < -0.3 is 15.0 Å². The van der Waals surface area contributed by atoms with Gasteiger partial charge in [0.2, 0.25) is 0 Å². The minimum absolute atomic E-state index is 0.153. The summed E-state index contributed by atoms with van der Waals surface area (Å²) in [7, 11) is 1.60. The first-order valence-electron chi connectivity index (χ1n) is 5.51. The lowest BCUT2D eigenvalue weighted by molar-refractivity contribution is -0.150. The van der Waals surface area contributed by atoms with Crippen LogP contribution in [0.5, 0.6) is 0 Å². The second-order valence-corrected chi connectivity index (χ2v) is 4.33. The first-order chi connectivity index (χ1) is 8.02. The van der Waals surface area contributed by atoms with E-state index in [2.05, 4.69) is 5.32 Å². The third-order valence-electron chi connectivity index (χ3n) is 2.96. The molecule has 1 heterocycles. The number of ether oxygens (including phenoxy) is 1. The quantitative estimate of drug-likeness (QED) is 0.527. The molecule has 1 aliphatic rings. The van der Waals surface area contributed by atoms with Gasteiger partial charge in [-0.3, -0.25) is 9.59 Å². The minimum atomic E-state index is -0.730. The predicted octanol–water partition coefficient (Wildman–Crippen LogP) is -0.346. The molecule has 0 aromatic carbocycles. The molecule has 1 saturated heterocycles. The van der Waals surface area contributed by atoms with E-state index in [0.29, 0.717) is 13.1 Å². The maximum atomic E-state index is 11.8. The number of methoxy groups -OCH3 is 1. The molecule has 94 valence electrons. The molecule has 1 N–H and O–H groups in total. The first-order valence-corrected chi connectivity index (χ1v) is 5.51. The largest absolute Gasteiger partial charge is 0.377 e. The number of nitrogens with zero attached hydrogens (tertiary/aromatic N) is 2. The number of amides is 2. The third kappa shape index (κ3) is 3.43. The average molecular weight is 239 g/mol. The highest BCUT2D eigenvalue weighted by Gasteiger charge is 2.34. The normalized spacial score (nSPS) is 23.9. The van der Waals surface area contributed by atoms with Crippen molar-refractivity contribution in [2.45, 2.75) is 25.4 Å². The third-order valence-corrected chi connectivity index (χ3v) is 2.96. The number of nitriles is 1. The van der Waals surface area contributed by atoms with Gasteiger partial charge in [0.05, 0.1) is 11.7 Å². The van der Waals surface area contributed by atoms with Crippen molar-refractivity contribution < 1.29 is 14.3 Å². The van der Waals surface area contributed by atoms with E-state index >= 15 is 0 Å². The van der Waals surface area contributed by atoms with E-state index in [1.54, 1.807) is 13.2 Å². The summed E-state index contributed by atoms with van der Waals surface area (Å²) in [6, 6.07) is 1.76. The fraction of sp³-hybridized carbons (Fsp3) is 0.727. The highest BCUT2D eigenvalue weighted by Crippen LogP contribution is 2.23. The van der Waals surface area contributed by atoms with Gasteiger partial charge in [-0.2, -0.15) is 5.26 Å². The number of carbonyl (C=O) groups excluding carboxylic acids is 2. The van der Waals surface area contributed by atoms with Crippen molar-refractivity contribution in [2.75, 3.05) is 26.7 Å². The fourth-order valence-electron chi connectivity index (χ4n) is 1.88. The van der Waals surface area contributed by atoms with Crippen LogP contribution in [0.2, 0.25) is 0 Å². The maximum absolute atomic E-state index is 11.8. The molecule has 17 heavy (non-hydrogen) atoms. The Balaban J connectivity index is 2.58. The molecule has 6 nitrogen and oxygen atoms in total. The molecular formula is C11H17N3O3. The van der Waals surface area contributed by atoms with Crippen LogP contribution in [0.15, 0.2) is 0 Å². The molecule has 1 aliphatic heterocycles. The number of piperidine rings is 1. The number of hydrogen-bond donors (Lipinski definition) is 1. The Labute approximate surface area is 101 Å². The molecule has 0 aliphatic carbocycles. The summed E-state index contributed by atoms with van der Waals surface area (Å²) in [5.41, 5.74) is -0.385. The lowest BCUT2D eigenvalue weighted by Gasteiger charge is -2.39. The first kappa shape index (κ1) is 13.5. The SMILES string of the molecule is COC1(C)CCCN(C(=O)C(=O)NCC#N)C1. The predicted molar refractivity (Wildman–Crippen MR) is 59.9 cm³/mol. The molecule has 2 amide bonds. The number of rotatable bonds is 2. The van der Waals surface area contributed by atoms with Crippen molar-refractivity contribution in [2.24, 2.45) is 0 Å². The zero-order valence-electron chi connectivity index (χ0n) is 10.2. The van der Waals surface area contributed by atoms with Gasteiger partial charge in [-0.1, -0.05) is 0 Å². The second-order valence-electron chi connectivity index (χ2n) is 4.33. The molecule has 0 spiro atoms. The van der Waals surface area contributed by atoms with Crippen LogP contribution in [-0.4, -0.2) is 49.1 Å². The minimum Gasteiger partial charge on any atom is -0.377 e. The van der Waals surface area contributed by atoms with Gasteiger partial charge in [0, 0.05) is 20.2 Å². The van der Waals surface area contributed by atoms with Crippen molar-refractivity contribution in [3.8, 4) is 6.07 Å². The standard InChI is InChI=1S/C11H17N3O3/c1-11(17-2)4-3-7-14(8-11)10(16)9(15)13-6-5-12/h3-4,6-8H2,1-2H3,(H,13,15). The van der Waals surface area contributed by atoms with Crippen LogP contribution >= 0.6 is 0 Å². The number of hydrogen-bond acceptors (Lipinski definition) is 4. The molecule has 0 saturated carbocycles. The summed E-state index contributed by atoms with van der Waals surface area (Å²) in [5.74, 6) is -1.32. The maximum Gasteiger partial charge on any atom is 0.312 e. The summed E-state index contributed by atoms with van der Waals surface area (Å²) < 4.78 is 5.34. The van der Waals surface area contributed by atoms with E-state index < -0.39 is 11.8 Å². The molecule has 6 heteroatoms. The Hall–Kier alpha value is -1.61. The van der Waals surface area contributed by atoms with Crippen molar-refractivity contribution in [3.05, 3.63) is 0 Å². The van der Waals surface area contributed by atoms with E-state index in [0.717, 1.165) is 12.8 Å². The Morgan fingerprint density at radius 2 is 2.29 bits per heavy atom. The molecule has 1 unspecified atom stereocenters. The van der Waals surface area contributed by atoms with Crippen LogP contribution < -0.4 is 5.32 Å². The lowest BCUT2D eigenvalue weighted by atomic mass is 9.94. The molecule has 0 aromatic heterocycles. The Kier molecular flexibility index (Phi) is 4.46. The van der Waals surface area contributed by atoms with E-state index in [1.807, 2.05) is 6.92 Å². The summed E-state index contributed by atoms with van der Waals surface area (Å²) in [6.07, 6.45) is 1.68. The van der Waals surface area contributed by atoms with Crippen LogP contribution in [0.3, 0.4) is 0 Å². The fourth-order valence-corrected chi connectivity index (χ4v) is 1.88. The van der Waals surface area contributed by atoms with Gasteiger partial charge in [0.1, 0.15) is 6.54 Å². The Bertz CT molecular complexity index is 350. The van der Waals surface area contributed by atoms with Gasteiger partial charge >= 0.3 is 11.8 Å². The molecule has 1 fully saturated rings. The molecule has 0 bridgehead atoms. The van der Waals surface area contributed by atoms with Crippen molar-refractivity contribution in [3.63, 3.8) is 0 Å². The summed E-state index contributed by atoms with van der Waals surface area (Å²) in [5, 5.41) is 10.6. The lowest BCUT2D eigenvalue weighted by Crippen LogP contribution is -2.53. The molecule has 0 aromatic rings. The van der Waals surface area contributed by atoms with E-state index in [4.69, 9.17) is 10.00 Å². The van der Waals surface area contributed by atoms with Gasteiger partial charge in [-0.15, -0.1) is 0 Å². The van der Waals surface area contributed by atoms with Gasteiger partial charge in [0.15, 0.2) is 0 Å². The summed E-state index contributed by atoms with van der Waals surface area (Å²) in [4.78, 5) is 24.6. The van der Waals surface area contributed by atoms with E-state index in [1.165, 1.54) is 4.90 Å². The van der Waals surface area contributed by atoms with Crippen LogP contribution in [0.1, 0.15) is 19.8 Å². The van der Waals surface area contributed by atoms with Crippen molar-refractivity contribution in [1.29, 1.82) is 5.26 Å².